The molecule has 1 aliphatic rings. The first kappa shape index (κ1) is 14.0. The summed E-state index contributed by atoms with van der Waals surface area (Å²) in [7, 11) is 0. The Labute approximate surface area is 121 Å². The Kier molecular flexibility index (Phi) is 5.60. The van der Waals surface area contributed by atoms with Crippen LogP contribution in [0.25, 0.3) is 0 Å². The third-order valence-corrected chi connectivity index (χ3v) is 4.25. The zero-order chi connectivity index (χ0) is 12.8. The molecule has 1 aliphatic heterocycles. The van der Waals surface area contributed by atoms with Crippen molar-refractivity contribution in [1.29, 1.82) is 0 Å². The molecule has 1 heterocycles. The largest absolute Gasteiger partial charge is 0.488 e. The van der Waals surface area contributed by atoms with Gasteiger partial charge in [-0.15, -0.1) is 6.58 Å². The molecule has 1 aromatic rings. The van der Waals surface area contributed by atoms with Gasteiger partial charge in [-0.05, 0) is 23.8 Å². The number of halogens is 1. The van der Waals surface area contributed by atoms with Crippen LogP contribution in [0.5, 0.6) is 5.75 Å². The number of hydrogen-bond acceptors (Lipinski definition) is 3. The molecule has 0 bridgehead atoms. The molecule has 0 aromatic heterocycles. The van der Waals surface area contributed by atoms with E-state index in [4.69, 9.17) is 4.74 Å². The fourth-order valence-electron chi connectivity index (χ4n) is 1.98. The van der Waals surface area contributed by atoms with Crippen LogP contribution in [0.3, 0.4) is 0 Å². The van der Waals surface area contributed by atoms with Crippen LogP contribution in [0.15, 0.2) is 35.3 Å². The summed E-state index contributed by atoms with van der Waals surface area (Å²) in [5.74, 6) is 3.18. The molecule has 98 valence electrons. The lowest BCUT2D eigenvalue weighted by molar-refractivity contribution is 0.229. The van der Waals surface area contributed by atoms with E-state index in [1.54, 1.807) is 0 Å². The van der Waals surface area contributed by atoms with E-state index in [2.05, 4.69) is 33.9 Å². The molecule has 1 atom stereocenters. The van der Waals surface area contributed by atoms with Crippen molar-refractivity contribution in [2.45, 2.75) is 12.5 Å². The molecular weight excluding hydrogens is 310 g/mol. The van der Waals surface area contributed by atoms with Crippen molar-refractivity contribution in [2.24, 2.45) is 0 Å². The standard InChI is InChI=1S/C14H18BrNOS/c1-2-6-18-7-5-16-10-13-9-11-8-12(15)3-4-14(11)17-13/h2-4,8,13,16H,1,5-7,9-10H2. The molecular formula is C14H18BrNOS. The molecule has 0 radical (unpaired) electrons. The van der Waals surface area contributed by atoms with Crippen LogP contribution in [0.1, 0.15) is 5.56 Å². The second kappa shape index (κ2) is 7.22. The second-order valence-electron chi connectivity index (χ2n) is 4.26. The molecule has 2 rings (SSSR count). The summed E-state index contributed by atoms with van der Waals surface area (Å²) in [5.41, 5.74) is 1.30. The van der Waals surface area contributed by atoms with E-state index in [0.717, 1.165) is 41.2 Å². The molecule has 0 aliphatic carbocycles. The van der Waals surface area contributed by atoms with Gasteiger partial charge in [0.25, 0.3) is 0 Å². The Bertz CT molecular complexity index is 411. The summed E-state index contributed by atoms with van der Waals surface area (Å²) in [6.45, 7) is 5.65. The van der Waals surface area contributed by atoms with Crippen LogP contribution in [0.4, 0.5) is 0 Å². The van der Waals surface area contributed by atoms with E-state index in [-0.39, 0.29) is 6.10 Å². The average molecular weight is 328 g/mol. The third-order valence-electron chi connectivity index (χ3n) is 2.79. The van der Waals surface area contributed by atoms with Crippen molar-refractivity contribution < 1.29 is 4.74 Å². The van der Waals surface area contributed by atoms with Crippen LogP contribution in [-0.4, -0.2) is 30.7 Å². The van der Waals surface area contributed by atoms with E-state index >= 15 is 0 Å². The summed E-state index contributed by atoms with van der Waals surface area (Å²) in [4.78, 5) is 0. The predicted molar refractivity (Wildman–Crippen MR) is 82.7 cm³/mol. The highest BCUT2D eigenvalue weighted by Gasteiger charge is 2.22. The molecule has 1 aromatic carbocycles. The van der Waals surface area contributed by atoms with E-state index in [1.165, 1.54) is 5.56 Å². The van der Waals surface area contributed by atoms with Gasteiger partial charge < -0.3 is 10.1 Å². The van der Waals surface area contributed by atoms with E-state index in [1.807, 2.05) is 30.0 Å². The number of fused-ring (bicyclic) bond motifs is 1. The molecule has 0 saturated heterocycles. The van der Waals surface area contributed by atoms with Gasteiger partial charge in [-0.2, -0.15) is 11.8 Å². The van der Waals surface area contributed by atoms with Crippen LogP contribution >= 0.6 is 27.7 Å². The number of rotatable bonds is 7. The highest BCUT2D eigenvalue weighted by atomic mass is 79.9. The van der Waals surface area contributed by atoms with Gasteiger partial charge in [0.15, 0.2) is 0 Å². The summed E-state index contributed by atoms with van der Waals surface area (Å²) in [5, 5.41) is 3.44. The molecule has 0 spiro atoms. The van der Waals surface area contributed by atoms with Crippen LogP contribution in [0, 0.1) is 0 Å². The Morgan fingerprint density at radius 2 is 2.44 bits per heavy atom. The van der Waals surface area contributed by atoms with Crippen molar-refractivity contribution in [2.75, 3.05) is 24.6 Å². The average Bonchev–Trinajstić information content (AvgIpc) is 2.75. The van der Waals surface area contributed by atoms with Gasteiger partial charge in [0.1, 0.15) is 11.9 Å². The maximum absolute atomic E-state index is 5.88. The van der Waals surface area contributed by atoms with Crippen molar-refractivity contribution in [3.05, 3.63) is 40.9 Å². The second-order valence-corrected chi connectivity index (χ2v) is 6.33. The number of thioether (sulfide) groups is 1. The van der Waals surface area contributed by atoms with Crippen molar-refractivity contribution in [3.63, 3.8) is 0 Å². The zero-order valence-electron chi connectivity index (χ0n) is 10.3. The minimum absolute atomic E-state index is 0.277. The van der Waals surface area contributed by atoms with Gasteiger partial charge in [0.05, 0.1) is 0 Å². The summed E-state index contributed by atoms with van der Waals surface area (Å²) >= 11 is 5.39. The molecule has 1 unspecified atom stereocenters. The lowest BCUT2D eigenvalue weighted by Crippen LogP contribution is -2.31. The summed E-state index contributed by atoms with van der Waals surface area (Å²) in [6, 6.07) is 6.22. The van der Waals surface area contributed by atoms with Crippen molar-refractivity contribution >= 4 is 27.7 Å². The minimum Gasteiger partial charge on any atom is -0.488 e. The molecule has 1 N–H and O–H groups in total. The van der Waals surface area contributed by atoms with E-state index < -0.39 is 0 Å². The number of ether oxygens (including phenoxy) is 1. The smallest absolute Gasteiger partial charge is 0.123 e. The van der Waals surface area contributed by atoms with Crippen molar-refractivity contribution in [3.8, 4) is 5.75 Å². The predicted octanol–water partition coefficient (Wildman–Crippen LogP) is 3.26. The van der Waals surface area contributed by atoms with Gasteiger partial charge in [-0.3, -0.25) is 0 Å². The Morgan fingerprint density at radius 3 is 3.28 bits per heavy atom. The molecule has 2 nitrogen and oxygen atoms in total. The highest BCUT2D eigenvalue weighted by Crippen LogP contribution is 2.30. The van der Waals surface area contributed by atoms with Gasteiger partial charge in [-0.25, -0.2) is 0 Å². The number of nitrogens with one attached hydrogen (secondary N) is 1. The third kappa shape index (κ3) is 4.04. The van der Waals surface area contributed by atoms with Crippen molar-refractivity contribution in [1.82, 2.24) is 5.32 Å². The van der Waals surface area contributed by atoms with Crippen LogP contribution < -0.4 is 10.1 Å². The number of benzene rings is 1. The maximum Gasteiger partial charge on any atom is 0.123 e. The summed E-state index contributed by atoms with van der Waals surface area (Å²) < 4.78 is 7.01. The number of hydrogen-bond donors (Lipinski definition) is 1. The van der Waals surface area contributed by atoms with E-state index in [0.29, 0.717) is 0 Å². The molecule has 18 heavy (non-hydrogen) atoms. The minimum atomic E-state index is 0.277. The van der Waals surface area contributed by atoms with Gasteiger partial charge >= 0.3 is 0 Å². The van der Waals surface area contributed by atoms with Gasteiger partial charge in [-0.1, -0.05) is 22.0 Å². The topological polar surface area (TPSA) is 21.3 Å². The fourth-order valence-corrected chi connectivity index (χ4v) is 3.01. The SMILES string of the molecule is C=CCSCCNCC1Cc2cc(Br)ccc2O1. The Morgan fingerprint density at radius 1 is 1.56 bits per heavy atom. The Hall–Kier alpha value is -0.450. The van der Waals surface area contributed by atoms with Crippen LogP contribution in [-0.2, 0) is 6.42 Å². The van der Waals surface area contributed by atoms with Gasteiger partial charge in [0.2, 0.25) is 0 Å². The maximum atomic E-state index is 5.88. The zero-order valence-corrected chi connectivity index (χ0v) is 12.7. The first-order valence-electron chi connectivity index (χ1n) is 6.14. The van der Waals surface area contributed by atoms with E-state index in [9.17, 15) is 0 Å². The first-order valence-corrected chi connectivity index (χ1v) is 8.09. The lowest BCUT2D eigenvalue weighted by Gasteiger charge is -2.11. The normalized spacial score (nSPS) is 17.3. The monoisotopic (exact) mass is 327 g/mol. The molecule has 4 heteroatoms. The van der Waals surface area contributed by atoms with Gasteiger partial charge in [0, 0.05) is 35.5 Å². The molecule has 0 fully saturated rings. The highest BCUT2D eigenvalue weighted by molar-refractivity contribution is 9.10. The molecule has 0 saturated carbocycles. The first-order chi connectivity index (χ1) is 8.79. The Balaban J connectivity index is 1.67. The fraction of sp³-hybridized carbons (Fsp3) is 0.429. The van der Waals surface area contributed by atoms with Crippen LogP contribution in [0.2, 0.25) is 0 Å². The quantitative estimate of drug-likeness (QED) is 0.613. The lowest BCUT2D eigenvalue weighted by atomic mass is 10.1. The summed E-state index contributed by atoms with van der Waals surface area (Å²) in [6.07, 6.45) is 3.22. The molecule has 0 amide bonds.